The highest BCUT2D eigenvalue weighted by molar-refractivity contribution is 5.78. The third kappa shape index (κ3) is 4.99. The van der Waals surface area contributed by atoms with Crippen LogP contribution in [0.2, 0.25) is 0 Å². The molecule has 4 rings (SSSR count). The van der Waals surface area contributed by atoms with Gasteiger partial charge in [0.15, 0.2) is 5.82 Å². The van der Waals surface area contributed by atoms with Gasteiger partial charge in [-0.2, -0.15) is 4.98 Å². The summed E-state index contributed by atoms with van der Waals surface area (Å²) in [6.07, 6.45) is 3.44. The van der Waals surface area contributed by atoms with Crippen molar-refractivity contribution in [3.63, 3.8) is 0 Å². The summed E-state index contributed by atoms with van der Waals surface area (Å²) in [7, 11) is 0. The van der Waals surface area contributed by atoms with Crippen molar-refractivity contribution >= 4 is 17.5 Å². The molecule has 1 aliphatic rings. The fourth-order valence-electron chi connectivity index (χ4n) is 3.59. The lowest BCUT2D eigenvalue weighted by Crippen LogP contribution is -2.37. The highest BCUT2D eigenvalue weighted by Gasteiger charge is 2.12. The number of anilines is 2. The molecule has 2 aromatic carbocycles. The summed E-state index contributed by atoms with van der Waals surface area (Å²) in [5.41, 5.74) is 4.04. The van der Waals surface area contributed by atoms with Gasteiger partial charge in [0.1, 0.15) is 6.33 Å². The number of nitrogens with one attached hydrogen (secondary N) is 2. The van der Waals surface area contributed by atoms with Gasteiger partial charge in [0, 0.05) is 17.8 Å². The minimum Gasteiger partial charge on any atom is -0.351 e. The van der Waals surface area contributed by atoms with Crippen LogP contribution in [0.15, 0.2) is 54.9 Å². The molecule has 2 N–H and O–H groups in total. The zero-order valence-corrected chi connectivity index (χ0v) is 17.1. The van der Waals surface area contributed by atoms with Crippen molar-refractivity contribution in [1.29, 1.82) is 0 Å². The Morgan fingerprint density at radius 2 is 2.00 bits per heavy atom. The second-order valence-electron chi connectivity index (χ2n) is 7.36. The number of aromatic nitrogens is 3. The number of rotatable bonds is 1. The van der Waals surface area contributed by atoms with Crippen LogP contribution in [0.4, 0.5) is 11.6 Å². The summed E-state index contributed by atoms with van der Waals surface area (Å²) in [4.78, 5) is 27.9. The number of fused-ring (bicyclic) bond motifs is 6. The average molecular weight is 403 g/mol. The van der Waals surface area contributed by atoms with Crippen molar-refractivity contribution in [1.82, 2.24) is 25.2 Å². The summed E-state index contributed by atoms with van der Waals surface area (Å²) < 4.78 is 0. The van der Waals surface area contributed by atoms with Gasteiger partial charge < -0.3 is 10.6 Å². The molecule has 1 aliphatic heterocycles. The summed E-state index contributed by atoms with van der Waals surface area (Å²) in [5, 5.41) is 6.31. The predicted octanol–water partition coefficient (Wildman–Crippen LogP) is 3.17. The quantitative estimate of drug-likeness (QED) is 0.651. The van der Waals surface area contributed by atoms with Crippen LogP contribution in [-0.2, 0) is 17.8 Å². The molecule has 0 radical (unpaired) electrons. The second kappa shape index (κ2) is 9.45. The van der Waals surface area contributed by atoms with E-state index in [1.54, 1.807) is 0 Å². The van der Waals surface area contributed by atoms with E-state index in [9.17, 15) is 4.79 Å². The maximum absolute atomic E-state index is 12.5. The number of para-hydroxylation sites is 1. The average Bonchev–Trinajstić information content (AvgIpc) is 2.78. The number of amides is 1. The molecule has 0 fully saturated rings. The number of aryl methyl sites for hydroxylation is 1. The number of carbonyl (C=O) groups excluding carboxylic acids is 1. The van der Waals surface area contributed by atoms with Crippen LogP contribution < -0.4 is 10.6 Å². The number of carbonyl (C=O) groups is 1. The fourth-order valence-corrected chi connectivity index (χ4v) is 3.59. The van der Waals surface area contributed by atoms with Crippen LogP contribution in [-0.4, -0.2) is 45.4 Å². The van der Waals surface area contributed by atoms with E-state index in [4.69, 9.17) is 0 Å². The van der Waals surface area contributed by atoms with Crippen LogP contribution in [0.3, 0.4) is 0 Å². The Morgan fingerprint density at radius 3 is 2.90 bits per heavy atom. The van der Waals surface area contributed by atoms with E-state index >= 15 is 0 Å². The van der Waals surface area contributed by atoms with E-state index in [1.165, 1.54) is 11.9 Å². The standard InChI is InChI=1S/C23H26N6O/c1-2-29-12-6-8-17-7-5-10-18(13-17)22-25-16-26-23(28-22)27-20-11-4-3-9-19(20)14-24-21(30)15-29/h3-5,7,9-11,13,16H,2,6,8,12,14-15H2,1H3,(H,24,30)(H,25,26,27,28). The van der Waals surface area contributed by atoms with Gasteiger partial charge in [-0.15, -0.1) is 0 Å². The van der Waals surface area contributed by atoms with Gasteiger partial charge in [-0.25, -0.2) is 9.97 Å². The molecule has 4 bridgehead atoms. The first-order valence-electron chi connectivity index (χ1n) is 10.3. The first-order chi connectivity index (χ1) is 14.7. The highest BCUT2D eigenvalue weighted by Crippen LogP contribution is 2.21. The molecule has 30 heavy (non-hydrogen) atoms. The van der Waals surface area contributed by atoms with Crippen LogP contribution in [0.5, 0.6) is 0 Å². The van der Waals surface area contributed by atoms with Gasteiger partial charge >= 0.3 is 0 Å². The van der Waals surface area contributed by atoms with E-state index in [-0.39, 0.29) is 5.91 Å². The molecule has 7 heteroatoms. The number of benzene rings is 2. The van der Waals surface area contributed by atoms with E-state index in [1.807, 2.05) is 36.4 Å². The molecule has 0 atom stereocenters. The van der Waals surface area contributed by atoms with Crippen LogP contribution in [0, 0.1) is 0 Å². The Morgan fingerprint density at radius 1 is 1.10 bits per heavy atom. The SMILES string of the molecule is CCN1CCCc2cccc(c2)-c2ncnc(n2)Nc2ccccc2CNC(=O)C1. The van der Waals surface area contributed by atoms with Gasteiger partial charge in [0.2, 0.25) is 11.9 Å². The summed E-state index contributed by atoms with van der Waals surface area (Å²) in [5.74, 6) is 1.14. The Kier molecular flexibility index (Phi) is 6.29. The number of likely N-dealkylation sites (N-methyl/N-ethyl adjacent to an activating group) is 1. The Bertz CT molecular complexity index is 1020. The third-order valence-corrected chi connectivity index (χ3v) is 5.25. The lowest BCUT2D eigenvalue weighted by molar-refractivity contribution is -0.122. The molecule has 0 aliphatic carbocycles. The lowest BCUT2D eigenvalue weighted by Gasteiger charge is -2.20. The minimum absolute atomic E-state index is 0.0282. The van der Waals surface area contributed by atoms with Crippen LogP contribution >= 0.6 is 0 Å². The van der Waals surface area contributed by atoms with Crippen molar-refractivity contribution in [2.24, 2.45) is 0 Å². The summed E-state index contributed by atoms with van der Waals surface area (Å²) >= 11 is 0. The van der Waals surface area contributed by atoms with Crippen LogP contribution in [0.25, 0.3) is 11.4 Å². The largest absolute Gasteiger partial charge is 0.351 e. The van der Waals surface area contributed by atoms with Crippen LogP contribution in [0.1, 0.15) is 24.5 Å². The first kappa shape index (κ1) is 20.0. The van der Waals surface area contributed by atoms with Crippen molar-refractivity contribution < 1.29 is 4.79 Å². The topological polar surface area (TPSA) is 83.0 Å². The van der Waals surface area contributed by atoms with Gasteiger partial charge in [0.25, 0.3) is 0 Å². The molecule has 154 valence electrons. The van der Waals surface area contributed by atoms with Crippen molar-refractivity contribution in [3.8, 4) is 11.4 Å². The highest BCUT2D eigenvalue weighted by atomic mass is 16.2. The predicted molar refractivity (Wildman–Crippen MR) is 117 cm³/mol. The Hall–Kier alpha value is -3.32. The number of nitrogens with zero attached hydrogens (tertiary/aromatic N) is 4. The second-order valence-corrected chi connectivity index (χ2v) is 7.36. The number of hydrogen-bond donors (Lipinski definition) is 2. The van der Waals surface area contributed by atoms with E-state index < -0.39 is 0 Å². The molecule has 0 saturated heterocycles. The van der Waals surface area contributed by atoms with Gasteiger partial charge in [-0.05, 0) is 49.2 Å². The maximum atomic E-state index is 12.5. The lowest BCUT2D eigenvalue weighted by atomic mass is 10.1. The maximum Gasteiger partial charge on any atom is 0.234 e. The molecular formula is C23H26N6O. The molecule has 1 amide bonds. The Labute approximate surface area is 176 Å². The summed E-state index contributed by atoms with van der Waals surface area (Å²) in [6.45, 7) is 4.66. The molecule has 1 aromatic heterocycles. The fraction of sp³-hybridized carbons (Fsp3) is 0.304. The minimum atomic E-state index is 0.0282. The molecule has 2 heterocycles. The van der Waals surface area contributed by atoms with Gasteiger partial charge in [-0.3, -0.25) is 9.69 Å². The third-order valence-electron chi connectivity index (χ3n) is 5.25. The van der Waals surface area contributed by atoms with Crippen molar-refractivity contribution in [2.45, 2.75) is 26.3 Å². The zero-order chi connectivity index (χ0) is 20.8. The zero-order valence-electron chi connectivity index (χ0n) is 17.1. The molecule has 0 spiro atoms. The Balaban J connectivity index is 1.68. The number of hydrogen-bond acceptors (Lipinski definition) is 6. The molecule has 0 unspecified atom stereocenters. The summed E-state index contributed by atoms with van der Waals surface area (Å²) in [6, 6.07) is 16.2. The van der Waals surface area contributed by atoms with E-state index in [0.717, 1.165) is 42.7 Å². The van der Waals surface area contributed by atoms with Gasteiger partial charge in [0.05, 0.1) is 6.54 Å². The van der Waals surface area contributed by atoms with Crippen molar-refractivity contribution in [3.05, 3.63) is 66.0 Å². The molecular weight excluding hydrogens is 376 g/mol. The van der Waals surface area contributed by atoms with Gasteiger partial charge in [-0.1, -0.05) is 43.3 Å². The smallest absolute Gasteiger partial charge is 0.234 e. The molecule has 7 nitrogen and oxygen atoms in total. The molecule has 0 saturated carbocycles. The van der Waals surface area contributed by atoms with E-state index in [0.29, 0.717) is 24.9 Å². The van der Waals surface area contributed by atoms with Crippen molar-refractivity contribution in [2.75, 3.05) is 25.0 Å². The monoisotopic (exact) mass is 402 g/mol. The molecule has 3 aromatic rings. The van der Waals surface area contributed by atoms with E-state index in [2.05, 4.69) is 49.5 Å². The first-order valence-corrected chi connectivity index (χ1v) is 10.3. The normalized spacial score (nSPS) is 15.4.